The Bertz CT molecular complexity index is 2810. The Balaban J connectivity index is 0.000000146. The third kappa shape index (κ3) is 5.15. The number of fused-ring (bicyclic) bond motifs is 15. The highest BCUT2D eigenvalue weighted by Gasteiger charge is 2.25. The lowest BCUT2D eigenvalue weighted by Gasteiger charge is -2.11. The number of aryl methyl sites for hydroxylation is 2. The fraction of sp³-hybridized carbons (Fsp3) is 0.171. The summed E-state index contributed by atoms with van der Waals surface area (Å²) >= 11 is 0. The summed E-state index contributed by atoms with van der Waals surface area (Å²) < 4.78 is 48.7. The first kappa shape index (κ1) is 34.3. The molecule has 0 N–H and O–H groups in total. The van der Waals surface area contributed by atoms with Gasteiger partial charge in [0.1, 0.15) is 14.1 Å². The highest BCUT2D eigenvalue weighted by molar-refractivity contribution is 6.16. The van der Waals surface area contributed by atoms with Gasteiger partial charge in [0.15, 0.2) is 58.4 Å². The summed E-state index contributed by atoms with van der Waals surface area (Å²) in [5.74, 6) is 6.28. The van der Waals surface area contributed by atoms with Gasteiger partial charge in [0.05, 0.1) is 46.5 Å². The highest BCUT2D eigenvalue weighted by Crippen LogP contribution is 2.44. The van der Waals surface area contributed by atoms with E-state index >= 15 is 0 Å². The van der Waals surface area contributed by atoms with Gasteiger partial charge < -0.3 is 62.7 Å². The van der Waals surface area contributed by atoms with Gasteiger partial charge in [-0.1, -0.05) is 12.1 Å². The molecule has 0 bridgehead atoms. The van der Waals surface area contributed by atoms with Crippen molar-refractivity contribution in [2.24, 2.45) is 14.1 Å². The van der Waals surface area contributed by atoms with E-state index in [9.17, 15) is 0 Å². The molecule has 12 heteroatoms. The predicted molar refractivity (Wildman–Crippen MR) is 192 cm³/mol. The molecule has 0 unspecified atom stereocenters. The number of pyridine rings is 2. The monoisotopic (exact) mass is 750 g/mol. The summed E-state index contributed by atoms with van der Waals surface area (Å²) in [7, 11) is 7.42. The smallest absolute Gasteiger partial charge is 0.231 e. The molecule has 0 atom stereocenters. The summed E-state index contributed by atoms with van der Waals surface area (Å²) in [6, 6.07) is 24.9. The molecule has 8 aromatic rings. The lowest BCUT2D eigenvalue weighted by atomic mass is 10.00. The number of methoxy groups -OCH3 is 2. The zero-order chi connectivity index (χ0) is 34.4. The normalized spacial score (nSPS) is 13.3. The lowest BCUT2D eigenvalue weighted by Crippen LogP contribution is -3.00. The molecule has 0 radical (unpaired) electrons. The number of ether oxygens (including phenoxy) is 8. The van der Waals surface area contributed by atoms with E-state index in [4.69, 9.17) is 37.9 Å². The van der Waals surface area contributed by atoms with Crippen LogP contribution in [0.15, 0.2) is 85.2 Å². The van der Waals surface area contributed by atoms with Gasteiger partial charge in [0.25, 0.3) is 0 Å². The molecule has 2 aromatic heterocycles. The van der Waals surface area contributed by atoms with Crippen molar-refractivity contribution in [1.29, 1.82) is 0 Å². The molecule has 6 aromatic carbocycles. The number of halogens is 2. The van der Waals surface area contributed by atoms with Crippen LogP contribution in [0, 0.1) is 0 Å². The first-order valence-electron chi connectivity index (χ1n) is 16.6. The van der Waals surface area contributed by atoms with Crippen molar-refractivity contribution >= 4 is 64.9 Å². The summed E-state index contributed by atoms with van der Waals surface area (Å²) in [6.45, 7) is 0.824. The van der Waals surface area contributed by atoms with Crippen LogP contribution >= 0.6 is 0 Å². The van der Waals surface area contributed by atoms with E-state index in [0.29, 0.717) is 0 Å². The Morgan fingerprint density at radius 2 is 0.868 bits per heavy atom. The Morgan fingerprint density at radius 1 is 0.434 bits per heavy atom. The van der Waals surface area contributed by atoms with E-state index in [1.54, 1.807) is 14.2 Å². The van der Waals surface area contributed by atoms with Crippen LogP contribution in [0.1, 0.15) is 0 Å². The molecule has 0 spiro atoms. The summed E-state index contributed by atoms with van der Waals surface area (Å²) in [4.78, 5) is 0. The average molecular weight is 752 g/mol. The van der Waals surface area contributed by atoms with Crippen molar-refractivity contribution < 1.29 is 71.8 Å². The Labute approximate surface area is 315 Å². The molecule has 268 valence electrons. The highest BCUT2D eigenvalue weighted by atomic mass is 35.5. The second kappa shape index (κ2) is 13.0. The van der Waals surface area contributed by atoms with Crippen LogP contribution in [0.5, 0.6) is 46.0 Å². The molecule has 0 aliphatic carbocycles. The number of hydrogen-bond acceptors (Lipinski definition) is 8. The molecule has 53 heavy (non-hydrogen) atoms. The molecular formula is C41H32Cl2N2O8. The van der Waals surface area contributed by atoms with Crippen molar-refractivity contribution in [2.45, 2.75) is 0 Å². The van der Waals surface area contributed by atoms with E-state index in [1.165, 1.54) is 5.39 Å². The van der Waals surface area contributed by atoms with Crippen LogP contribution in [0.25, 0.3) is 64.9 Å². The maximum absolute atomic E-state index is 5.70. The molecular weight excluding hydrogens is 719 g/mol. The van der Waals surface area contributed by atoms with Gasteiger partial charge in [-0.3, -0.25) is 0 Å². The zero-order valence-corrected chi connectivity index (χ0v) is 30.6. The fourth-order valence-electron chi connectivity index (χ4n) is 7.76. The second-order valence-corrected chi connectivity index (χ2v) is 12.8. The van der Waals surface area contributed by atoms with E-state index in [2.05, 4.69) is 71.0 Å². The molecule has 0 saturated heterocycles. The van der Waals surface area contributed by atoms with Crippen LogP contribution in [-0.4, -0.2) is 34.6 Å². The van der Waals surface area contributed by atoms with Crippen LogP contribution < -0.4 is 71.8 Å². The molecule has 5 heterocycles. The van der Waals surface area contributed by atoms with E-state index < -0.39 is 0 Å². The van der Waals surface area contributed by atoms with Gasteiger partial charge in [-0.25, -0.2) is 0 Å². The molecule has 0 saturated carbocycles. The molecule has 0 amide bonds. The van der Waals surface area contributed by atoms with Gasteiger partial charge in [0, 0.05) is 10.8 Å². The van der Waals surface area contributed by atoms with Crippen molar-refractivity contribution in [2.75, 3.05) is 34.6 Å². The van der Waals surface area contributed by atoms with Gasteiger partial charge in [-0.15, -0.1) is 0 Å². The molecule has 0 fully saturated rings. The maximum atomic E-state index is 5.70. The molecule has 10 nitrogen and oxygen atoms in total. The standard InChI is InChI=1S/C21H18NO4.C20H14NO4.2ClH/c1-22-10-16-13(6-7-17-21(16)26-11-25-17)14-5-4-12-8-18(23-2)19(24-3)9-15(12)20(14)22;1-21-8-15-12(4-5-16-20(15)25-10-22-16)13-3-2-11-6-17-18(24-9-23-17)7-14(11)19(13)21;;/h4-10H,11H2,1-3H3;2-8H,9-10H2,1H3;2*1H/q2*+1;;/p-2. The SMILES string of the molecule is COc1cc2ccc3c4ccc5c(c4c[n+](C)c3c2cc1OC)OCO5.C[n+]1cc2c3c(ccc2c2ccc4cc5c(cc4c21)OCO5)OCO3.[Cl-].[Cl-]. The zero-order valence-electron chi connectivity index (χ0n) is 29.1. The number of aromatic nitrogens is 2. The Kier molecular flexibility index (Phi) is 8.39. The third-order valence-electron chi connectivity index (χ3n) is 10.1. The minimum absolute atomic E-state index is 0. The average Bonchev–Trinajstić information content (AvgIpc) is 3.94. The summed E-state index contributed by atoms with van der Waals surface area (Å²) in [6.07, 6.45) is 4.20. The van der Waals surface area contributed by atoms with E-state index in [1.807, 2.05) is 37.4 Å². The van der Waals surface area contributed by atoms with Gasteiger partial charge in [-0.2, -0.15) is 9.13 Å². The lowest BCUT2D eigenvalue weighted by molar-refractivity contribution is -0.642. The van der Waals surface area contributed by atoms with Gasteiger partial charge in [0.2, 0.25) is 31.4 Å². The molecule has 3 aliphatic rings. The van der Waals surface area contributed by atoms with Crippen LogP contribution in [-0.2, 0) is 14.1 Å². The number of nitrogens with zero attached hydrogens (tertiary/aromatic N) is 2. The Hall–Kier alpha value is -5.84. The number of benzene rings is 6. The largest absolute Gasteiger partial charge is 1.00 e. The molecule has 3 aliphatic heterocycles. The van der Waals surface area contributed by atoms with Gasteiger partial charge in [-0.05, 0) is 71.4 Å². The van der Waals surface area contributed by atoms with E-state index in [-0.39, 0.29) is 45.2 Å². The maximum Gasteiger partial charge on any atom is 0.231 e. The minimum atomic E-state index is 0. The second-order valence-electron chi connectivity index (χ2n) is 12.8. The van der Waals surface area contributed by atoms with Crippen molar-refractivity contribution in [1.82, 2.24) is 0 Å². The first-order chi connectivity index (χ1) is 25.0. The van der Waals surface area contributed by atoms with Crippen molar-refractivity contribution in [3.8, 4) is 46.0 Å². The summed E-state index contributed by atoms with van der Waals surface area (Å²) in [5, 5.41) is 11.2. The van der Waals surface area contributed by atoms with Crippen LogP contribution in [0.3, 0.4) is 0 Å². The predicted octanol–water partition coefficient (Wildman–Crippen LogP) is 1.15. The minimum Gasteiger partial charge on any atom is -1.00 e. The van der Waals surface area contributed by atoms with Crippen LogP contribution in [0.2, 0.25) is 0 Å². The van der Waals surface area contributed by atoms with E-state index in [0.717, 1.165) is 106 Å². The summed E-state index contributed by atoms with van der Waals surface area (Å²) in [5.41, 5.74) is 2.29. The third-order valence-corrected chi connectivity index (χ3v) is 10.1. The topological polar surface area (TPSA) is 81.6 Å². The van der Waals surface area contributed by atoms with Crippen molar-refractivity contribution in [3.05, 3.63) is 85.2 Å². The fourth-order valence-corrected chi connectivity index (χ4v) is 7.76. The van der Waals surface area contributed by atoms with Crippen LogP contribution in [0.4, 0.5) is 0 Å². The van der Waals surface area contributed by atoms with Gasteiger partial charge >= 0.3 is 0 Å². The number of hydrogen-bond donors (Lipinski definition) is 0. The Morgan fingerprint density at radius 3 is 1.42 bits per heavy atom. The van der Waals surface area contributed by atoms with Crippen molar-refractivity contribution in [3.63, 3.8) is 0 Å². The quantitative estimate of drug-likeness (QED) is 0.193. The first-order valence-corrected chi connectivity index (χ1v) is 16.6. The molecule has 11 rings (SSSR count). The number of rotatable bonds is 2.